The van der Waals surface area contributed by atoms with E-state index in [-0.39, 0.29) is 42.3 Å². The number of carbonyl (C=O) groups excluding carboxylic acids is 2. The van der Waals surface area contributed by atoms with Crippen molar-refractivity contribution in [2.45, 2.75) is 62.4 Å². The fourth-order valence-corrected chi connectivity index (χ4v) is 8.00. The first-order valence-corrected chi connectivity index (χ1v) is 16.7. The molecule has 1 fully saturated rings. The Balaban J connectivity index is 1.43. The number of hydrogen-bond donors (Lipinski definition) is 1. The molecule has 0 unspecified atom stereocenters. The summed E-state index contributed by atoms with van der Waals surface area (Å²) in [6, 6.07) is 12.0. The molecule has 1 spiro atoms. The van der Waals surface area contributed by atoms with Gasteiger partial charge in [-0.2, -0.15) is 0 Å². The SMILES string of the molecule is COC(=O)[C@@H]1CC(=O)N(C)CC/C=C\[C@H](OCC(=O)O)[C@@H]2CC[C@H]2CN2C[C@@]3(CCCc4cc(Cl)ccc43)COc3ccc1cc32. The number of halogens is 1. The highest BCUT2D eigenvalue weighted by atomic mass is 35.5. The molecule has 9 nitrogen and oxygen atoms in total. The van der Waals surface area contributed by atoms with Gasteiger partial charge in [0.25, 0.3) is 0 Å². The highest BCUT2D eigenvalue weighted by Crippen LogP contribution is 2.47. The van der Waals surface area contributed by atoms with Crippen LogP contribution in [-0.2, 0) is 35.7 Å². The summed E-state index contributed by atoms with van der Waals surface area (Å²) in [5.74, 6) is -1.21. The lowest BCUT2D eigenvalue weighted by molar-refractivity contribution is -0.146. The first kappa shape index (κ1) is 32.4. The molecule has 4 aliphatic rings. The summed E-state index contributed by atoms with van der Waals surface area (Å²) in [5, 5.41) is 10.1. The van der Waals surface area contributed by atoms with Gasteiger partial charge in [-0.1, -0.05) is 35.9 Å². The van der Waals surface area contributed by atoms with Crippen LogP contribution in [0.15, 0.2) is 48.6 Å². The summed E-state index contributed by atoms with van der Waals surface area (Å²) in [7, 11) is 3.09. The molecule has 1 saturated carbocycles. The second-order valence-corrected chi connectivity index (χ2v) is 13.8. The zero-order valence-electron chi connectivity index (χ0n) is 26.6. The van der Waals surface area contributed by atoms with E-state index in [4.69, 9.17) is 25.8 Å². The van der Waals surface area contributed by atoms with E-state index >= 15 is 0 Å². The van der Waals surface area contributed by atoms with Crippen molar-refractivity contribution in [3.63, 3.8) is 0 Å². The van der Waals surface area contributed by atoms with Crippen molar-refractivity contribution in [3.05, 3.63) is 70.3 Å². The van der Waals surface area contributed by atoms with Crippen LogP contribution >= 0.6 is 11.6 Å². The number of esters is 1. The van der Waals surface area contributed by atoms with Gasteiger partial charge in [0, 0.05) is 43.5 Å². The Bertz CT molecular complexity index is 1510. The van der Waals surface area contributed by atoms with Gasteiger partial charge in [-0.25, -0.2) is 4.79 Å². The molecule has 2 aliphatic carbocycles. The second-order valence-electron chi connectivity index (χ2n) is 13.3. The van der Waals surface area contributed by atoms with Gasteiger partial charge in [-0.3, -0.25) is 9.59 Å². The van der Waals surface area contributed by atoms with Crippen LogP contribution in [0.1, 0.15) is 61.1 Å². The van der Waals surface area contributed by atoms with Crippen molar-refractivity contribution >= 4 is 35.1 Å². The maximum atomic E-state index is 13.3. The third-order valence-electron chi connectivity index (χ3n) is 10.5. The van der Waals surface area contributed by atoms with Crippen LogP contribution in [0.2, 0.25) is 5.02 Å². The topological polar surface area (TPSA) is 106 Å². The molecule has 2 bridgehead atoms. The Labute approximate surface area is 275 Å². The first-order valence-electron chi connectivity index (χ1n) is 16.3. The van der Waals surface area contributed by atoms with E-state index in [0.29, 0.717) is 31.7 Å². The average Bonchev–Trinajstić information content (AvgIpc) is 3.18. The van der Waals surface area contributed by atoms with Gasteiger partial charge < -0.3 is 29.1 Å². The highest BCUT2D eigenvalue weighted by Gasteiger charge is 2.44. The lowest BCUT2D eigenvalue weighted by atomic mass is 9.68. The molecule has 5 atom stereocenters. The minimum absolute atomic E-state index is 0.0142. The van der Waals surface area contributed by atoms with Crippen molar-refractivity contribution in [3.8, 4) is 5.75 Å². The van der Waals surface area contributed by atoms with Crippen LogP contribution in [0.3, 0.4) is 0 Å². The maximum absolute atomic E-state index is 13.3. The number of amides is 1. The number of carboxylic acid groups (broad SMARTS) is 1. The molecule has 246 valence electrons. The number of benzene rings is 2. The molecule has 0 aromatic heterocycles. The summed E-state index contributed by atoms with van der Waals surface area (Å²) in [6.07, 6.45) is 9.08. The number of fused-ring (bicyclic) bond motifs is 4. The van der Waals surface area contributed by atoms with E-state index in [9.17, 15) is 19.5 Å². The molecule has 10 heteroatoms. The van der Waals surface area contributed by atoms with E-state index in [1.54, 1.807) is 11.9 Å². The third-order valence-corrected chi connectivity index (χ3v) is 10.7. The normalized spacial score (nSPS) is 28.6. The number of hydrogen-bond acceptors (Lipinski definition) is 7. The smallest absolute Gasteiger partial charge is 0.329 e. The largest absolute Gasteiger partial charge is 0.490 e. The summed E-state index contributed by atoms with van der Waals surface area (Å²) < 4.78 is 17.8. The number of nitrogens with zero attached hydrogens (tertiary/aromatic N) is 2. The number of carboxylic acids is 1. The fraction of sp³-hybridized carbons (Fsp3) is 0.528. The molecule has 6 rings (SSSR count). The van der Waals surface area contributed by atoms with E-state index in [1.165, 1.54) is 18.2 Å². The van der Waals surface area contributed by atoms with Gasteiger partial charge in [0.1, 0.15) is 12.4 Å². The predicted molar refractivity (Wildman–Crippen MR) is 175 cm³/mol. The van der Waals surface area contributed by atoms with Crippen molar-refractivity contribution < 1.29 is 33.7 Å². The van der Waals surface area contributed by atoms with Crippen LogP contribution in [0.4, 0.5) is 5.69 Å². The Kier molecular flexibility index (Phi) is 9.62. The second kappa shape index (κ2) is 13.7. The molecule has 1 N–H and O–H groups in total. The van der Waals surface area contributed by atoms with Gasteiger partial charge in [0.2, 0.25) is 5.91 Å². The van der Waals surface area contributed by atoms with Crippen LogP contribution in [-0.4, -0.2) is 81.0 Å². The number of methoxy groups -OCH3 is 1. The molecule has 1 amide bonds. The van der Waals surface area contributed by atoms with Crippen molar-refractivity contribution in [2.24, 2.45) is 11.8 Å². The fourth-order valence-electron chi connectivity index (χ4n) is 7.81. The molecule has 46 heavy (non-hydrogen) atoms. The predicted octanol–water partition coefficient (Wildman–Crippen LogP) is 5.37. The molecule has 2 aromatic rings. The number of ether oxygens (including phenoxy) is 3. The van der Waals surface area contributed by atoms with E-state index in [0.717, 1.165) is 55.1 Å². The standard InChI is InChI=1S/C36H43ClN2O7/c1-38-15-4-3-7-31(45-20-34(41)42)27-11-8-25(27)19-39-21-36(14-5-6-24-16-26(37)10-12-29(24)36)22-46-32-13-9-23(17-30(32)39)28(18-33(38)40)35(43)44-2/h3,7,9-10,12-13,16-17,25,27-28,31H,4-6,8,11,14-15,18-22H2,1-2H3,(H,41,42)/b7-3-/t25-,27+,28+,31-,36-/m0/s1. The summed E-state index contributed by atoms with van der Waals surface area (Å²) in [5.41, 5.74) is 3.86. The average molecular weight is 651 g/mol. The molecule has 2 aliphatic heterocycles. The zero-order valence-corrected chi connectivity index (χ0v) is 27.3. The number of carbonyl (C=O) groups is 3. The Morgan fingerprint density at radius 2 is 2.02 bits per heavy atom. The van der Waals surface area contributed by atoms with Crippen molar-refractivity contribution in [1.29, 1.82) is 0 Å². The number of rotatable bonds is 4. The molecule has 2 aromatic carbocycles. The molecule has 2 heterocycles. The van der Waals surface area contributed by atoms with Crippen molar-refractivity contribution in [1.82, 2.24) is 4.90 Å². The van der Waals surface area contributed by atoms with Crippen LogP contribution in [0, 0.1) is 11.8 Å². The molecule has 0 radical (unpaired) electrons. The summed E-state index contributed by atoms with van der Waals surface area (Å²) in [6.45, 7) is 2.04. The van der Waals surface area contributed by atoms with Gasteiger partial charge in [0.15, 0.2) is 0 Å². The Morgan fingerprint density at radius 3 is 2.78 bits per heavy atom. The third kappa shape index (κ3) is 6.63. The molecule has 0 saturated heterocycles. The van der Waals surface area contributed by atoms with Gasteiger partial charge >= 0.3 is 11.9 Å². The lowest BCUT2D eigenvalue weighted by Gasteiger charge is -2.46. The van der Waals surface area contributed by atoms with Crippen molar-refractivity contribution in [2.75, 3.05) is 51.9 Å². The summed E-state index contributed by atoms with van der Waals surface area (Å²) >= 11 is 6.43. The zero-order chi connectivity index (χ0) is 32.4. The lowest BCUT2D eigenvalue weighted by Crippen LogP contribution is -2.49. The van der Waals surface area contributed by atoms with Gasteiger partial charge in [-0.05, 0) is 91.3 Å². The van der Waals surface area contributed by atoms with E-state index < -0.39 is 17.9 Å². The van der Waals surface area contributed by atoms with E-state index in [2.05, 4.69) is 17.0 Å². The maximum Gasteiger partial charge on any atom is 0.329 e. The minimum atomic E-state index is -0.994. The number of aryl methyl sites for hydroxylation is 1. The Morgan fingerprint density at radius 1 is 1.17 bits per heavy atom. The minimum Gasteiger partial charge on any atom is -0.490 e. The molecular formula is C36H43ClN2O7. The highest BCUT2D eigenvalue weighted by molar-refractivity contribution is 6.30. The summed E-state index contributed by atoms with van der Waals surface area (Å²) in [4.78, 5) is 42.0. The Hall–Kier alpha value is -3.56. The molecular weight excluding hydrogens is 608 g/mol. The monoisotopic (exact) mass is 650 g/mol. The van der Waals surface area contributed by atoms with Crippen LogP contribution < -0.4 is 9.64 Å². The van der Waals surface area contributed by atoms with Gasteiger partial charge in [0.05, 0.1) is 31.4 Å². The first-order chi connectivity index (χ1) is 22.2. The quantitative estimate of drug-likeness (QED) is 0.348. The van der Waals surface area contributed by atoms with E-state index in [1.807, 2.05) is 36.4 Å². The number of anilines is 1. The number of aliphatic carboxylic acids is 1. The van der Waals surface area contributed by atoms with Crippen LogP contribution in [0.25, 0.3) is 0 Å². The van der Waals surface area contributed by atoms with Crippen LogP contribution in [0.5, 0.6) is 5.75 Å². The van der Waals surface area contributed by atoms with Gasteiger partial charge in [-0.15, -0.1) is 0 Å².